The van der Waals surface area contributed by atoms with E-state index in [0.29, 0.717) is 29.8 Å². The molecule has 0 aliphatic heterocycles. The van der Waals surface area contributed by atoms with Crippen LogP contribution in [-0.4, -0.2) is 16.0 Å². The first-order valence-corrected chi connectivity index (χ1v) is 10.0. The molecule has 0 bridgehead atoms. The summed E-state index contributed by atoms with van der Waals surface area (Å²) >= 11 is 1.73. The Morgan fingerprint density at radius 2 is 2.11 bits per heavy atom. The summed E-state index contributed by atoms with van der Waals surface area (Å²) in [5.74, 6) is 2.44. The van der Waals surface area contributed by atoms with Gasteiger partial charge in [0, 0.05) is 22.9 Å². The van der Waals surface area contributed by atoms with Crippen LogP contribution in [0, 0.1) is 0 Å². The van der Waals surface area contributed by atoms with Gasteiger partial charge >= 0.3 is 0 Å². The molecule has 1 aromatic carbocycles. The number of hydrogen-bond acceptors (Lipinski definition) is 6. The second kappa shape index (κ2) is 8.35. The molecule has 27 heavy (non-hydrogen) atoms. The molecule has 1 aliphatic rings. The zero-order chi connectivity index (χ0) is 18.5. The number of ether oxygens (including phenoxy) is 1. The van der Waals surface area contributed by atoms with Crippen LogP contribution < -0.4 is 10.1 Å². The predicted octanol–water partition coefficient (Wildman–Crippen LogP) is 4.55. The third-order valence-corrected chi connectivity index (χ3v) is 5.26. The van der Waals surface area contributed by atoms with Crippen molar-refractivity contribution in [2.75, 3.05) is 5.32 Å². The Bertz CT molecular complexity index is 870. The van der Waals surface area contributed by atoms with E-state index in [4.69, 9.17) is 9.26 Å². The van der Waals surface area contributed by atoms with E-state index in [1.807, 2.05) is 30.3 Å². The predicted molar refractivity (Wildman–Crippen MR) is 103 cm³/mol. The molecule has 1 aliphatic carbocycles. The van der Waals surface area contributed by atoms with Crippen LogP contribution in [0.5, 0.6) is 5.75 Å². The maximum Gasteiger partial charge on any atom is 0.229 e. The molecule has 2 aromatic heterocycles. The van der Waals surface area contributed by atoms with Gasteiger partial charge in [-0.1, -0.05) is 11.2 Å². The SMILES string of the molecule is O=C(CCCc1cccs1)Nc1ccc(OCc2noc(C3CC3)n2)cc1. The van der Waals surface area contributed by atoms with E-state index in [2.05, 4.69) is 26.9 Å². The number of amides is 1. The van der Waals surface area contributed by atoms with Crippen molar-refractivity contribution in [2.45, 2.75) is 44.6 Å². The number of anilines is 1. The van der Waals surface area contributed by atoms with Crippen LogP contribution in [0.3, 0.4) is 0 Å². The van der Waals surface area contributed by atoms with E-state index in [1.54, 1.807) is 11.3 Å². The molecule has 1 saturated carbocycles. The van der Waals surface area contributed by atoms with Crippen molar-refractivity contribution in [1.29, 1.82) is 0 Å². The average Bonchev–Trinajstić information content (AvgIpc) is 3.19. The Hall–Kier alpha value is -2.67. The lowest BCUT2D eigenvalue weighted by Crippen LogP contribution is -2.11. The summed E-state index contributed by atoms with van der Waals surface area (Å²) in [6.07, 6.45) is 4.56. The van der Waals surface area contributed by atoms with Gasteiger partial charge < -0.3 is 14.6 Å². The largest absolute Gasteiger partial charge is 0.485 e. The molecule has 0 unspecified atom stereocenters. The summed E-state index contributed by atoms with van der Waals surface area (Å²) in [5.41, 5.74) is 0.763. The monoisotopic (exact) mass is 383 g/mol. The minimum absolute atomic E-state index is 0.0274. The molecule has 3 aromatic rings. The summed E-state index contributed by atoms with van der Waals surface area (Å²) in [6, 6.07) is 11.4. The summed E-state index contributed by atoms with van der Waals surface area (Å²) in [4.78, 5) is 17.7. The maximum atomic E-state index is 12.0. The Morgan fingerprint density at radius 3 is 2.85 bits per heavy atom. The second-order valence-corrected chi connectivity index (χ2v) is 7.65. The lowest BCUT2D eigenvalue weighted by Gasteiger charge is -2.07. The van der Waals surface area contributed by atoms with E-state index < -0.39 is 0 Å². The summed E-state index contributed by atoms with van der Waals surface area (Å²) < 4.78 is 10.9. The van der Waals surface area contributed by atoms with Crippen LogP contribution in [0.15, 0.2) is 46.3 Å². The molecule has 1 amide bonds. The quantitative estimate of drug-likeness (QED) is 0.587. The minimum Gasteiger partial charge on any atom is -0.485 e. The fraction of sp³-hybridized carbons (Fsp3) is 0.350. The lowest BCUT2D eigenvalue weighted by atomic mass is 10.2. The highest BCUT2D eigenvalue weighted by Crippen LogP contribution is 2.38. The molecular weight excluding hydrogens is 362 g/mol. The van der Waals surface area contributed by atoms with E-state index in [9.17, 15) is 4.79 Å². The smallest absolute Gasteiger partial charge is 0.229 e. The molecule has 0 radical (unpaired) electrons. The van der Waals surface area contributed by atoms with E-state index in [-0.39, 0.29) is 12.5 Å². The average molecular weight is 383 g/mol. The number of thiophene rings is 1. The fourth-order valence-electron chi connectivity index (χ4n) is 2.71. The van der Waals surface area contributed by atoms with Crippen molar-refractivity contribution < 1.29 is 14.1 Å². The highest BCUT2D eigenvalue weighted by Gasteiger charge is 2.29. The van der Waals surface area contributed by atoms with E-state index in [1.165, 1.54) is 4.88 Å². The van der Waals surface area contributed by atoms with Crippen molar-refractivity contribution in [2.24, 2.45) is 0 Å². The van der Waals surface area contributed by atoms with Gasteiger partial charge in [0.25, 0.3) is 0 Å². The molecule has 7 heteroatoms. The minimum atomic E-state index is 0.0274. The fourth-order valence-corrected chi connectivity index (χ4v) is 3.46. The molecule has 6 nitrogen and oxygen atoms in total. The number of nitrogens with one attached hydrogen (secondary N) is 1. The van der Waals surface area contributed by atoms with E-state index >= 15 is 0 Å². The van der Waals surface area contributed by atoms with Crippen molar-refractivity contribution in [1.82, 2.24) is 10.1 Å². The molecule has 2 heterocycles. The Balaban J connectivity index is 1.20. The van der Waals surface area contributed by atoms with Gasteiger partial charge in [0.1, 0.15) is 5.75 Å². The van der Waals surface area contributed by atoms with Crippen LogP contribution in [0.2, 0.25) is 0 Å². The van der Waals surface area contributed by atoms with Gasteiger partial charge in [0.2, 0.25) is 17.6 Å². The molecule has 0 atom stereocenters. The third-order valence-electron chi connectivity index (χ3n) is 4.32. The first-order chi connectivity index (χ1) is 13.3. The van der Waals surface area contributed by atoms with Crippen LogP contribution in [0.1, 0.15) is 48.2 Å². The molecule has 4 rings (SSSR count). The van der Waals surface area contributed by atoms with Crippen molar-refractivity contribution >= 4 is 22.9 Å². The van der Waals surface area contributed by atoms with Crippen LogP contribution in [0.4, 0.5) is 5.69 Å². The molecular formula is C20H21N3O3S. The first-order valence-electron chi connectivity index (χ1n) is 9.14. The number of nitrogens with zero attached hydrogens (tertiary/aromatic N) is 2. The van der Waals surface area contributed by atoms with Crippen LogP contribution in [0.25, 0.3) is 0 Å². The summed E-state index contributed by atoms with van der Waals surface area (Å²) in [6.45, 7) is 0.268. The highest BCUT2D eigenvalue weighted by atomic mass is 32.1. The standard InChI is InChI=1S/C20H21N3O3S/c24-19(5-1-3-17-4-2-12-27-17)21-15-8-10-16(11-9-15)25-13-18-22-20(26-23-18)14-6-7-14/h2,4,8-12,14H,1,3,5-7,13H2,(H,21,24). The van der Waals surface area contributed by atoms with Gasteiger partial charge in [-0.2, -0.15) is 4.98 Å². The van der Waals surface area contributed by atoms with Gasteiger partial charge in [-0.05, 0) is 61.4 Å². The highest BCUT2D eigenvalue weighted by molar-refractivity contribution is 7.09. The van der Waals surface area contributed by atoms with Crippen molar-refractivity contribution in [3.05, 3.63) is 58.4 Å². The molecule has 0 saturated heterocycles. The van der Waals surface area contributed by atoms with Crippen LogP contribution >= 0.6 is 11.3 Å². The number of carbonyl (C=O) groups is 1. The molecule has 140 valence electrons. The van der Waals surface area contributed by atoms with E-state index in [0.717, 1.165) is 31.4 Å². The maximum absolute atomic E-state index is 12.0. The van der Waals surface area contributed by atoms with Gasteiger partial charge in [0.05, 0.1) is 0 Å². The molecule has 1 fully saturated rings. The van der Waals surface area contributed by atoms with Crippen molar-refractivity contribution in [3.8, 4) is 5.75 Å². The number of aromatic nitrogens is 2. The van der Waals surface area contributed by atoms with Crippen molar-refractivity contribution in [3.63, 3.8) is 0 Å². The van der Waals surface area contributed by atoms with Crippen LogP contribution in [-0.2, 0) is 17.8 Å². The number of aryl methyl sites for hydroxylation is 1. The van der Waals surface area contributed by atoms with Gasteiger partial charge in [-0.3, -0.25) is 4.79 Å². The zero-order valence-corrected chi connectivity index (χ0v) is 15.7. The number of carbonyl (C=O) groups excluding carboxylic acids is 1. The van der Waals surface area contributed by atoms with Gasteiger partial charge in [-0.25, -0.2) is 0 Å². The Kier molecular flexibility index (Phi) is 5.48. The van der Waals surface area contributed by atoms with Gasteiger partial charge in [-0.15, -0.1) is 11.3 Å². The topological polar surface area (TPSA) is 77.2 Å². The normalized spacial score (nSPS) is 13.5. The second-order valence-electron chi connectivity index (χ2n) is 6.62. The Morgan fingerprint density at radius 1 is 1.26 bits per heavy atom. The number of benzene rings is 1. The zero-order valence-electron chi connectivity index (χ0n) is 14.9. The molecule has 1 N–H and O–H groups in total. The Labute approximate surface area is 161 Å². The molecule has 0 spiro atoms. The lowest BCUT2D eigenvalue weighted by molar-refractivity contribution is -0.116. The summed E-state index contributed by atoms with van der Waals surface area (Å²) in [5, 5.41) is 8.90. The van der Waals surface area contributed by atoms with Gasteiger partial charge in [0.15, 0.2) is 6.61 Å². The third kappa shape index (κ3) is 5.17. The first kappa shape index (κ1) is 17.7. The summed E-state index contributed by atoms with van der Waals surface area (Å²) in [7, 11) is 0. The number of hydrogen-bond donors (Lipinski definition) is 1. The number of rotatable bonds is 9.